The maximum Gasteiger partial charge on any atom is 0.264 e. The molecule has 4 aromatic rings. The summed E-state index contributed by atoms with van der Waals surface area (Å²) in [6, 6.07) is 28.0. The third-order valence-corrected chi connectivity index (χ3v) is 10.0. The summed E-state index contributed by atoms with van der Waals surface area (Å²) in [5.74, 6) is -0.919. The molecule has 1 atom stereocenters. The largest absolute Gasteiger partial charge is 0.354 e. The molecule has 0 radical (unpaired) electrons. The van der Waals surface area contributed by atoms with Crippen molar-refractivity contribution in [2.75, 3.05) is 17.4 Å². The number of carbonyl (C=O) groups is 2. The van der Waals surface area contributed by atoms with Crippen LogP contribution in [0.25, 0.3) is 0 Å². The summed E-state index contributed by atoms with van der Waals surface area (Å²) in [5.41, 5.74) is 1.70. The highest BCUT2D eigenvalue weighted by molar-refractivity contribution is 9.10. The summed E-state index contributed by atoms with van der Waals surface area (Å²) < 4.78 is 29.8. The molecule has 0 aromatic heterocycles. The zero-order valence-electron chi connectivity index (χ0n) is 24.7. The number of hydrogen-bond acceptors (Lipinski definition) is 4. The van der Waals surface area contributed by atoms with Gasteiger partial charge in [-0.15, -0.1) is 0 Å². The molecule has 0 fully saturated rings. The summed E-state index contributed by atoms with van der Waals surface area (Å²) in [6.45, 7) is 1.85. The van der Waals surface area contributed by atoms with Gasteiger partial charge in [0.05, 0.1) is 10.6 Å². The van der Waals surface area contributed by atoms with Crippen LogP contribution in [-0.4, -0.2) is 44.3 Å². The lowest BCUT2D eigenvalue weighted by Gasteiger charge is -2.34. The molecule has 0 aliphatic carbocycles. The molecule has 1 unspecified atom stereocenters. The SMILES string of the molecule is CCCCNC(=O)C(Cc1ccccc1)N(Cc1ccc(Cl)cc1Cl)C(=O)CN(c1cccc(Br)c1)S(=O)(=O)c1ccccc1. The average molecular weight is 732 g/mol. The molecule has 7 nitrogen and oxygen atoms in total. The van der Waals surface area contributed by atoms with Crippen molar-refractivity contribution in [3.05, 3.63) is 129 Å². The monoisotopic (exact) mass is 729 g/mol. The maximum absolute atomic E-state index is 14.5. The second-order valence-corrected chi connectivity index (χ2v) is 14.0. The van der Waals surface area contributed by atoms with Crippen LogP contribution in [0.4, 0.5) is 5.69 Å². The minimum atomic E-state index is -4.19. The fourth-order valence-electron chi connectivity index (χ4n) is 4.77. The lowest BCUT2D eigenvalue weighted by molar-refractivity contribution is -0.140. The van der Waals surface area contributed by atoms with Crippen LogP contribution in [0.3, 0.4) is 0 Å². The Balaban J connectivity index is 1.80. The predicted molar refractivity (Wildman–Crippen MR) is 184 cm³/mol. The zero-order valence-corrected chi connectivity index (χ0v) is 28.6. The van der Waals surface area contributed by atoms with E-state index in [1.807, 2.05) is 37.3 Å². The number of amides is 2. The van der Waals surface area contributed by atoms with Gasteiger partial charge in [-0.05, 0) is 60.0 Å². The summed E-state index contributed by atoms with van der Waals surface area (Å²) >= 11 is 16.1. The molecule has 0 saturated heterocycles. The third kappa shape index (κ3) is 9.33. The Kier molecular flexibility index (Phi) is 12.5. The highest BCUT2D eigenvalue weighted by Crippen LogP contribution is 2.28. The van der Waals surface area contributed by atoms with Gasteiger partial charge in [0.25, 0.3) is 10.0 Å². The number of sulfonamides is 1. The first-order valence-corrected chi connectivity index (χ1v) is 17.5. The van der Waals surface area contributed by atoms with Crippen molar-refractivity contribution in [3.8, 4) is 0 Å². The number of hydrogen-bond donors (Lipinski definition) is 1. The number of nitrogens with zero attached hydrogens (tertiary/aromatic N) is 2. The van der Waals surface area contributed by atoms with Gasteiger partial charge in [-0.1, -0.05) is 113 Å². The second kappa shape index (κ2) is 16.3. The van der Waals surface area contributed by atoms with Crippen molar-refractivity contribution in [1.82, 2.24) is 10.2 Å². The number of carbonyl (C=O) groups excluding carboxylic acids is 2. The molecule has 4 aromatic carbocycles. The highest BCUT2D eigenvalue weighted by atomic mass is 79.9. The first-order chi connectivity index (χ1) is 21.6. The van der Waals surface area contributed by atoms with Crippen molar-refractivity contribution in [1.29, 1.82) is 0 Å². The highest BCUT2D eigenvalue weighted by Gasteiger charge is 2.35. The van der Waals surface area contributed by atoms with Gasteiger partial charge in [0.15, 0.2) is 0 Å². The number of rotatable bonds is 14. The van der Waals surface area contributed by atoms with Gasteiger partial charge in [-0.25, -0.2) is 8.42 Å². The fourth-order valence-corrected chi connectivity index (χ4v) is 7.06. The Labute approximate surface area is 283 Å². The molecule has 2 amide bonds. The van der Waals surface area contributed by atoms with E-state index in [2.05, 4.69) is 21.2 Å². The van der Waals surface area contributed by atoms with Gasteiger partial charge in [0.1, 0.15) is 12.6 Å². The Morgan fingerprint density at radius 1 is 0.889 bits per heavy atom. The van der Waals surface area contributed by atoms with Crippen molar-refractivity contribution < 1.29 is 18.0 Å². The lowest BCUT2D eigenvalue weighted by Crippen LogP contribution is -2.53. The molecule has 0 aliphatic heterocycles. The molecule has 0 spiro atoms. The van der Waals surface area contributed by atoms with E-state index in [9.17, 15) is 18.0 Å². The summed E-state index contributed by atoms with van der Waals surface area (Å²) in [7, 11) is -4.19. The maximum atomic E-state index is 14.5. The van der Waals surface area contributed by atoms with E-state index in [0.29, 0.717) is 26.6 Å². The molecule has 0 bridgehead atoms. The first-order valence-electron chi connectivity index (χ1n) is 14.5. The molecular weight excluding hydrogens is 697 g/mol. The van der Waals surface area contributed by atoms with Gasteiger partial charge >= 0.3 is 0 Å². The van der Waals surface area contributed by atoms with E-state index < -0.39 is 28.5 Å². The minimum absolute atomic E-state index is 0.0308. The van der Waals surface area contributed by atoms with Crippen LogP contribution in [0.2, 0.25) is 10.0 Å². The number of benzene rings is 4. The van der Waals surface area contributed by atoms with Crippen LogP contribution in [-0.2, 0) is 32.6 Å². The molecule has 0 saturated carbocycles. The number of halogens is 3. The van der Waals surface area contributed by atoms with Gasteiger partial charge in [0, 0.05) is 34.0 Å². The number of unbranched alkanes of at least 4 members (excludes halogenated alkanes) is 1. The summed E-state index contributed by atoms with van der Waals surface area (Å²) in [5, 5.41) is 3.72. The van der Waals surface area contributed by atoms with Gasteiger partial charge < -0.3 is 10.2 Å². The van der Waals surface area contributed by atoms with E-state index >= 15 is 0 Å². The first kappa shape index (κ1) is 34.5. The van der Waals surface area contributed by atoms with Crippen LogP contribution in [0.15, 0.2) is 112 Å². The topological polar surface area (TPSA) is 86.8 Å². The van der Waals surface area contributed by atoms with E-state index in [1.54, 1.807) is 60.7 Å². The minimum Gasteiger partial charge on any atom is -0.354 e. The quantitative estimate of drug-likeness (QED) is 0.136. The van der Waals surface area contributed by atoms with Crippen LogP contribution in [0.1, 0.15) is 30.9 Å². The Morgan fingerprint density at radius 2 is 1.58 bits per heavy atom. The van der Waals surface area contributed by atoms with Crippen LogP contribution >= 0.6 is 39.1 Å². The van der Waals surface area contributed by atoms with E-state index in [-0.39, 0.29) is 29.5 Å². The molecule has 236 valence electrons. The van der Waals surface area contributed by atoms with Crippen molar-refractivity contribution in [3.63, 3.8) is 0 Å². The molecule has 11 heteroatoms. The van der Waals surface area contributed by atoms with E-state index in [1.165, 1.54) is 17.0 Å². The standard InChI is InChI=1S/C34H34BrCl2N3O4S/c1-2-3-19-38-34(42)32(20-25-11-6-4-7-12-25)39(23-26-17-18-28(36)22-31(26)37)33(41)24-40(29-14-10-13-27(35)21-29)45(43,44)30-15-8-5-9-16-30/h4-18,21-22,32H,2-3,19-20,23-24H2,1H3,(H,38,42). The Bertz CT molecular complexity index is 1710. The normalized spacial score (nSPS) is 11.9. The fraction of sp³-hybridized carbons (Fsp3) is 0.235. The smallest absolute Gasteiger partial charge is 0.264 e. The van der Waals surface area contributed by atoms with Gasteiger partial charge in [0.2, 0.25) is 11.8 Å². The molecule has 1 N–H and O–H groups in total. The third-order valence-electron chi connectivity index (χ3n) is 7.16. The van der Waals surface area contributed by atoms with Crippen molar-refractivity contribution in [2.24, 2.45) is 0 Å². The number of nitrogens with one attached hydrogen (secondary N) is 1. The van der Waals surface area contributed by atoms with E-state index in [4.69, 9.17) is 23.2 Å². The lowest BCUT2D eigenvalue weighted by atomic mass is 10.0. The summed E-state index contributed by atoms with van der Waals surface area (Å²) in [4.78, 5) is 29.8. The Morgan fingerprint density at radius 3 is 2.22 bits per heavy atom. The molecule has 0 heterocycles. The molecule has 0 aliphatic rings. The average Bonchev–Trinajstić information content (AvgIpc) is 3.03. The van der Waals surface area contributed by atoms with Crippen LogP contribution in [0.5, 0.6) is 0 Å². The Hall–Kier alpha value is -3.37. The van der Waals surface area contributed by atoms with E-state index in [0.717, 1.165) is 22.7 Å². The molecular formula is C34H34BrCl2N3O4S. The predicted octanol–water partition coefficient (Wildman–Crippen LogP) is 7.51. The number of anilines is 1. The molecule has 4 rings (SSSR count). The second-order valence-electron chi connectivity index (χ2n) is 10.4. The van der Waals surface area contributed by atoms with Crippen molar-refractivity contribution in [2.45, 2.75) is 43.7 Å². The van der Waals surface area contributed by atoms with Gasteiger partial charge in [-0.3, -0.25) is 13.9 Å². The molecule has 45 heavy (non-hydrogen) atoms. The van der Waals surface area contributed by atoms with Crippen molar-refractivity contribution >= 4 is 66.7 Å². The summed E-state index contributed by atoms with van der Waals surface area (Å²) in [6.07, 6.45) is 1.86. The van der Waals surface area contributed by atoms with Crippen LogP contribution < -0.4 is 9.62 Å². The van der Waals surface area contributed by atoms with Gasteiger partial charge in [-0.2, -0.15) is 0 Å². The van der Waals surface area contributed by atoms with Crippen LogP contribution in [0, 0.1) is 0 Å². The zero-order chi connectivity index (χ0) is 32.4.